The van der Waals surface area contributed by atoms with Crippen molar-refractivity contribution in [2.75, 3.05) is 10.6 Å². The molecular formula is C19H15Cl2N3O2. The van der Waals surface area contributed by atoms with Gasteiger partial charge in [-0.1, -0.05) is 28.4 Å². The van der Waals surface area contributed by atoms with Gasteiger partial charge in [0.15, 0.2) is 5.76 Å². The third-order valence-electron chi connectivity index (χ3n) is 3.47. The van der Waals surface area contributed by atoms with Gasteiger partial charge in [-0.2, -0.15) is 0 Å². The SMILES string of the molecule is Cc1cc(C(=CNc2ccc(Cl)cc2)C(=O)Nc2ccc(Cl)cc2)on1. The number of nitrogens with zero attached hydrogens (tertiary/aromatic N) is 1. The van der Waals surface area contributed by atoms with Gasteiger partial charge < -0.3 is 15.2 Å². The lowest BCUT2D eigenvalue weighted by Crippen LogP contribution is -2.14. The van der Waals surface area contributed by atoms with Gasteiger partial charge in [0.2, 0.25) is 0 Å². The van der Waals surface area contributed by atoms with Gasteiger partial charge in [-0.3, -0.25) is 4.79 Å². The normalized spacial score (nSPS) is 11.3. The molecule has 0 bridgehead atoms. The first-order valence-corrected chi connectivity index (χ1v) is 8.50. The molecule has 0 radical (unpaired) electrons. The molecule has 2 aromatic carbocycles. The second-order valence-electron chi connectivity index (χ2n) is 5.50. The molecule has 3 aromatic rings. The Morgan fingerprint density at radius 2 is 1.58 bits per heavy atom. The summed E-state index contributed by atoms with van der Waals surface area (Å²) in [5, 5.41) is 10.9. The quantitative estimate of drug-likeness (QED) is 0.576. The molecular weight excluding hydrogens is 373 g/mol. The van der Waals surface area contributed by atoms with Gasteiger partial charge in [0.25, 0.3) is 5.91 Å². The van der Waals surface area contributed by atoms with Crippen LogP contribution >= 0.6 is 23.2 Å². The summed E-state index contributed by atoms with van der Waals surface area (Å²) in [6, 6.07) is 15.6. The van der Waals surface area contributed by atoms with Crippen LogP contribution in [0.4, 0.5) is 11.4 Å². The lowest BCUT2D eigenvalue weighted by atomic mass is 10.2. The molecule has 2 N–H and O–H groups in total. The minimum absolute atomic E-state index is 0.301. The summed E-state index contributed by atoms with van der Waals surface area (Å²) in [6.45, 7) is 1.79. The highest BCUT2D eigenvalue weighted by Crippen LogP contribution is 2.21. The Morgan fingerprint density at radius 3 is 2.12 bits per heavy atom. The second kappa shape index (κ2) is 8.08. The second-order valence-corrected chi connectivity index (χ2v) is 6.38. The number of amides is 1. The molecule has 0 atom stereocenters. The maximum absolute atomic E-state index is 12.7. The number of rotatable bonds is 5. The lowest BCUT2D eigenvalue weighted by Gasteiger charge is -2.08. The molecule has 5 nitrogen and oxygen atoms in total. The summed E-state index contributed by atoms with van der Waals surface area (Å²) >= 11 is 11.8. The van der Waals surface area contributed by atoms with E-state index in [1.54, 1.807) is 67.7 Å². The van der Waals surface area contributed by atoms with Crippen LogP contribution < -0.4 is 10.6 Å². The van der Waals surface area contributed by atoms with Crippen molar-refractivity contribution >= 4 is 46.1 Å². The number of halogens is 2. The van der Waals surface area contributed by atoms with Crippen molar-refractivity contribution in [3.8, 4) is 0 Å². The van der Waals surface area contributed by atoms with Crippen molar-refractivity contribution in [3.63, 3.8) is 0 Å². The fourth-order valence-electron chi connectivity index (χ4n) is 2.17. The largest absolute Gasteiger partial charge is 0.361 e. The number of nitrogens with one attached hydrogen (secondary N) is 2. The first kappa shape index (κ1) is 18.0. The van der Waals surface area contributed by atoms with E-state index >= 15 is 0 Å². The third-order valence-corrected chi connectivity index (χ3v) is 3.97. The van der Waals surface area contributed by atoms with Gasteiger partial charge in [-0.15, -0.1) is 0 Å². The highest BCUT2D eigenvalue weighted by molar-refractivity contribution is 6.31. The zero-order valence-corrected chi connectivity index (χ0v) is 15.3. The number of benzene rings is 2. The van der Waals surface area contributed by atoms with E-state index in [0.29, 0.717) is 32.8 Å². The van der Waals surface area contributed by atoms with Crippen LogP contribution in [0.5, 0.6) is 0 Å². The molecule has 1 amide bonds. The molecule has 132 valence electrons. The van der Waals surface area contributed by atoms with Crippen LogP contribution in [0.15, 0.2) is 65.3 Å². The Bertz CT molecular complexity index is 932. The van der Waals surface area contributed by atoms with Crippen molar-refractivity contribution in [2.45, 2.75) is 6.92 Å². The number of carbonyl (C=O) groups excluding carboxylic acids is 1. The van der Waals surface area contributed by atoms with Gasteiger partial charge in [-0.25, -0.2) is 0 Å². The number of aromatic nitrogens is 1. The van der Waals surface area contributed by atoms with E-state index in [1.165, 1.54) is 0 Å². The molecule has 26 heavy (non-hydrogen) atoms. The molecule has 7 heteroatoms. The average Bonchev–Trinajstić information content (AvgIpc) is 3.05. The summed E-state index contributed by atoms with van der Waals surface area (Å²) < 4.78 is 5.25. The monoisotopic (exact) mass is 387 g/mol. The van der Waals surface area contributed by atoms with E-state index < -0.39 is 0 Å². The van der Waals surface area contributed by atoms with E-state index in [1.807, 2.05) is 0 Å². The maximum Gasteiger partial charge on any atom is 0.261 e. The van der Waals surface area contributed by atoms with Crippen molar-refractivity contribution in [1.29, 1.82) is 0 Å². The molecule has 0 fully saturated rings. The Balaban J connectivity index is 1.84. The van der Waals surface area contributed by atoms with Gasteiger partial charge in [0, 0.05) is 33.7 Å². The average molecular weight is 388 g/mol. The van der Waals surface area contributed by atoms with Crippen LogP contribution in [-0.2, 0) is 4.79 Å². The van der Waals surface area contributed by atoms with Crippen LogP contribution in [0.25, 0.3) is 5.57 Å². The van der Waals surface area contributed by atoms with Crippen molar-refractivity contribution < 1.29 is 9.32 Å². The molecule has 0 aliphatic rings. The Morgan fingerprint density at radius 1 is 1.00 bits per heavy atom. The van der Waals surface area contributed by atoms with E-state index in [0.717, 1.165) is 5.69 Å². The zero-order valence-electron chi connectivity index (χ0n) is 13.8. The molecule has 0 aliphatic heterocycles. The lowest BCUT2D eigenvalue weighted by molar-refractivity contribution is -0.111. The first-order chi connectivity index (χ1) is 12.5. The van der Waals surface area contributed by atoms with Crippen molar-refractivity contribution in [2.24, 2.45) is 0 Å². The topological polar surface area (TPSA) is 67.2 Å². The molecule has 0 saturated heterocycles. The summed E-state index contributed by atoms with van der Waals surface area (Å²) in [7, 11) is 0. The summed E-state index contributed by atoms with van der Waals surface area (Å²) in [5.41, 5.74) is 2.38. The molecule has 0 unspecified atom stereocenters. The number of hydrogen-bond donors (Lipinski definition) is 2. The van der Waals surface area contributed by atoms with Gasteiger partial charge >= 0.3 is 0 Å². The zero-order chi connectivity index (χ0) is 18.5. The van der Waals surface area contributed by atoms with Crippen LogP contribution in [0, 0.1) is 6.92 Å². The number of carbonyl (C=O) groups is 1. The number of aryl methyl sites for hydroxylation is 1. The van der Waals surface area contributed by atoms with Gasteiger partial charge in [0.05, 0.1) is 5.69 Å². The highest BCUT2D eigenvalue weighted by atomic mass is 35.5. The fourth-order valence-corrected chi connectivity index (χ4v) is 2.42. The van der Waals surface area contributed by atoms with E-state index in [4.69, 9.17) is 27.7 Å². The summed E-state index contributed by atoms with van der Waals surface area (Å²) in [6.07, 6.45) is 1.56. The van der Waals surface area contributed by atoms with Crippen LogP contribution in [0.3, 0.4) is 0 Å². The minimum atomic E-state index is -0.343. The predicted octanol–water partition coefficient (Wildman–Crippen LogP) is 5.38. The number of anilines is 2. The predicted molar refractivity (Wildman–Crippen MR) is 104 cm³/mol. The third kappa shape index (κ3) is 4.65. The molecule has 3 rings (SSSR count). The van der Waals surface area contributed by atoms with E-state index in [9.17, 15) is 4.79 Å². The molecule has 1 aromatic heterocycles. The molecule has 0 spiro atoms. The maximum atomic E-state index is 12.7. The highest BCUT2D eigenvalue weighted by Gasteiger charge is 2.17. The molecule has 0 aliphatic carbocycles. The van der Waals surface area contributed by atoms with Crippen LogP contribution in [-0.4, -0.2) is 11.1 Å². The summed E-state index contributed by atoms with van der Waals surface area (Å²) in [4.78, 5) is 12.7. The Kier molecular flexibility index (Phi) is 5.61. The van der Waals surface area contributed by atoms with Crippen LogP contribution in [0.1, 0.15) is 11.5 Å². The minimum Gasteiger partial charge on any atom is -0.361 e. The smallest absolute Gasteiger partial charge is 0.261 e. The van der Waals surface area contributed by atoms with E-state index in [-0.39, 0.29) is 5.91 Å². The Hall–Kier alpha value is -2.76. The van der Waals surface area contributed by atoms with Crippen LogP contribution in [0.2, 0.25) is 10.0 Å². The van der Waals surface area contributed by atoms with E-state index in [2.05, 4.69) is 15.8 Å². The van der Waals surface area contributed by atoms with Gasteiger partial charge in [0.1, 0.15) is 5.57 Å². The molecule has 1 heterocycles. The Labute approximate surface area is 160 Å². The summed E-state index contributed by atoms with van der Waals surface area (Å²) in [5.74, 6) is 0.0142. The first-order valence-electron chi connectivity index (χ1n) is 7.74. The van der Waals surface area contributed by atoms with Crippen molar-refractivity contribution in [1.82, 2.24) is 5.16 Å². The molecule has 0 saturated carbocycles. The van der Waals surface area contributed by atoms with Gasteiger partial charge in [-0.05, 0) is 55.5 Å². The van der Waals surface area contributed by atoms with Crippen molar-refractivity contribution in [3.05, 3.63) is 82.3 Å². The fraction of sp³-hybridized carbons (Fsp3) is 0.0526. The standard InChI is InChI=1S/C19H15Cl2N3O2/c1-12-10-18(26-24-12)17(11-22-15-6-2-13(20)3-7-15)19(25)23-16-8-4-14(21)5-9-16/h2-11,22H,1H3,(H,23,25). The number of hydrogen-bond acceptors (Lipinski definition) is 4.